The Balaban J connectivity index is 2.18. The highest BCUT2D eigenvalue weighted by atomic mass is 32.1. The van der Waals surface area contributed by atoms with Crippen LogP contribution in [0.1, 0.15) is 24.5 Å². The van der Waals surface area contributed by atoms with Crippen LogP contribution in [0.15, 0.2) is 10.9 Å². The molecule has 2 aromatic heterocycles. The summed E-state index contributed by atoms with van der Waals surface area (Å²) in [7, 11) is 2.03. The zero-order valence-electron chi connectivity index (χ0n) is 12.4. The van der Waals surface area contributed by atoms with Gasteiger partial charge >= 0.3 is 0 Å². The molecule has 2 N–H and O–H groups in total. The Labute approximate surface area is 122 Å². The molecular weight excluding hydrogens is 274 g/mol. The van der Waals surface area contributed by atoms with Crippen LogP contribution in [0.25, 0.3) is 4.96 Å². The molecule has 0 fully saturated rings. The average Bonchev–Trinajstić information content (AvgIpc) is 2.70. The Hall–Kier alpha value is -1.31. The molecule has 7 heteroatoms. The van der Waals surface area contributed by atoms with E-state index in [-0.39, 0.29) is 11.0 Å². The Kier molecular flexibility index (Phi) is 4.22. The lowest BCUT2D eigenvalue weighted by Crippen LogP contribution is -2.36. The van der Waals surface area contributed by atoms with Gasteiger partial charge in [0.2, 0.25) is 4.96 Å². The van der Waals surface area contributed by atoms with Gasteiger partial charge in [-0.2, -0.15) is 9.61 Å². The van der Waals surface area contributed by atoms with Gasteiger partial charge in [0.1, 0.15) is 5.01 Å². The summed E-state index contributed by atoms with van der Waals surface area (Å²) in [5.74, 6) is 0. The highest BCUT2D eigenvalue weighted by molar-refractivity contribution is 7.16. The number of rotatable bonds is 5. The normalized spacial score (nSPS) is 12.5. The second-order valence-electron chi connectivity index (χ2n) is 5.97. The third kappa shape index (κ3) is 3.41. The molecule has 20 heavy (non-hydrogen) atoms. The average molecular weight is 295 g/mol. The summed E-state index contributed by atoms with van der Waals surface area (Å²) >= 11 is 1.46. The largest absolute Gasteiger partial charge is 0.330 e. The van der Waals surface area contributed by atoms with Crippen LogP contribution in [0.5, 0.6) is 0 Å². The molecule has 2 rings (SSSR count). The summed E-state index contributed by atoms with van der Waals surface area (Å²) < 4.78 is 1.37. The van der Waals surface area contributed by atoms with Crippen molar-refractivity contribution in [2.75, 3.05) is 20.1 Å². The predicted molar refractivity (Wildman–Crippen MR) is 81.0 cm³/mol. The number of hydrogen-bond acceptors (Lipinski definition) is 6. The third-order valence-electron chi connectivity index (χ3n) is 3.07. The Morgan fingerprint density at radius 1 is 1.50 bits per heavy atom. The van der Waals surface area contributed by atoms with E-state index >= 15 is 0 Å². The Morgan fingerprint density at radius 2 is 2.20 bits per heavy atom. The van der Waals surface area contributed by atoms with E-state index in [1.807, 2.05) is 14.0 Å². The monoisotopic (exact) mass is 295 g/mol. The zero-order chi connectivity index (χ0) is 14.9. The van der Waals surface area contributed by atoms with E-state index in [1.165, 1.54) is 21.9 Å². The lowest BCUT2D eigenvalue weighted by molar-refractivity contribution is 0.209. The van der Waals surface area contributed by atoms with Crippen LogP contribution in [-0.2, 0) is 6.54 Å². The fraction of sp³-hybridized carbons (Fsp3) is 0.615. The van der Waals surface area contributed by atoms with Gasteiger partial charge < -0.3 is 5.73 Å². The number of hydrogen-bond donors (Lipinski definition) is 1. The van der Waals surface area contributed by atoms with Gasteiger partial charge in [0, 0.05) is 18.3 Å². The molecule has 6 nitrogen and oxygen atoms in total. The van der Waals surface area contributed by atoms with Gasteiger partial charge in [0.05, 0.1) is 6.54 Å². The van der Waals surface area contributed by atoms with Crippen LogP contribution in [0.3, 0.4) is 0 Å². The van der Waals surface area contributed by atoms with Crippen LogP contribution < -0.4 is 11.3 Å². The number of fused-ring (bicyclic) bond motifs is 1. The molecule has 0 unspecified atom stereocenters. The summed E-state index contributed by atoms with van der Waals surface area (Å²) in [5.41, 5.74) is 6.42. The van der Waals surface area contributed by atoms with Crippen LogP contribution in [-0.4, -0.2) is 39.6 Å². The molecule has 0 aliphatic carbocycles. The van der Waals surface area contributed by atoms with E-state index in [0.717, 1.165) is 17.2 Å². The van der Waals surface area contributed by atoms with Crippen molar-refractivity contribution in [3.8, 4) is 0 Å². The highest BCUT2D eigenvalue weighted by Crippen LogP contribution is 2.17. The standard InChI is InChI=1S/C13H21N5OS/c1-9-5-11(19)18-12(15-9)20-10(16-18)6-17(4)8-13(2,3)7-14/h5H,6-8,14H2,1-4H3. The summed E-state index contributed by atoms with van der Waals surface area (Å²) in [6.07, 6.45) is 0. The summed E-state index contributed by atoms with van der Waals surface area (Å²) in [4.78, 5) is 19.0. The van der Waals surface area contributed by atoms with E-state index in [2.05, 4.69) is 28.8 Å². The van der Waals surface area contributed by atoms with E-state index in [4.69, 9.17) is 5.73 Å². The molecule has 2 heterocycles. The zero-order valence-corrected chi connectivity index (χ0v) is 13.2. The van der Waals surface area contributed by atoms with Crippen molar-refractivity contribution >= 4 is 16.3 Å². The molecule has 0 aromatic carbocycles. The maximum Gasteiger partial charge on any atom is 0.275 e. The predicted octanol–water partition coefficient (Wildman–Crippen LogP) is 0.876. The van der Waals surface area contributed by atoms with Gasteiger partial charge in [-0.05, 0) is 25.9 Å². The molecule has 0 amide bonds. The van der Waals surface area contributed by atoms with Gasteiger partial charge in [-0.3, -0.25) is 9.69 Å². The second kappa shape index (κ2) is 5.59. The lowest BCUT2D eigenvalue weighted by atomic mass is 9.93. The summed E-state index contributed by atoms with van der Waals surface area (Å²) in [5, 5.41) is 5.22. The first kappa shape index (κ1) is 15.1. The van der Waals surface area contributed by atoms with Crippen molar-refractivity contribution in [2.45, 2.75) is 27.3 Å². The maximum atomic E-state index is 11.8. The Bertz CT molecular complexity index is 660. The van der Waals surface area contributed by atoms with Gasteiger partial charge in [-0.25, -0.2) is 4.98 Å². The smallest absolute Gasteiger partial charge is 0.275 e. The number of aryl methyl sites for hydroxylation is 1. The molecular formula is C13H21N5OS. The molecule has 0 atom stereocenters. The van der Waals surface area contributed by atoms with Crippen molar-refractivity contribution in [1.29, 1.82) is 0 Å². The molecule has 0 aliphatic rings. The third-order valence-corrected chi connectivity index (χ3v) is 3.96. The van der Waals surface area contributed by atoms with E-state index in [1.54, 1.807) is 0 Å². The van der Waals surface area contributed by atoms with Crippen molar-refractivity contribution < 1.29 is 0 Å². The summed E-state index contributed by atoms with van der Waals surface area (Å²) in [6, 6.07) is 1.50. The fourth-order valence-corrected chi connectivity index (χ4v) is 3.13. The first-order valence-electron chi connectivity index (χ1n) is 6.56. The minimum Gasteiger partial charge on any atom is -0.330 e. The molecule has 110 valence electrons. The molecule has 2 aromatic rings. The molecule has 0 bridgehead atoms. The molecule has 0 spiro atoms. The quantitative estimate of drug-likeness (QED) is 0.886. The SMILES string of the molecule is Cc1cc(=O)n2nc(CN(C)CC(C)(C)CN)sc2n1. The molecule has 0 saturated heterocycles. The molecule has 0 radical (unpaired) electrons. The van der Waals surface area contributed by atoms with Crippen LogP contribution in [0.2, 0.25) is 0 Å². The van der Waals surface area contributed by atoms with Gasteiger partial charge in [0.15, 0.2) is 0 Å². The number of nitrogens with zero attached hydrogens (tertiary/aromatic N) is 4. The first-order valence-corrected chi connectivity index (χ1v) is 7.37. The van der Waals surface area contributed by atoms with E-state index in [9.17, 15) is 4.79 Å². The van der Waals surface area contributed by atoms with Gasteiger partial charge in [-0.1, -0.05) is 25.2 Å². The Morgan fingerprint density at radius 3 is 2.85 bits per heavy atom. The minimum absolute atomic E-state index is 0.0666. The molecule has 0 saturated carbocycles. The van der Waals surface area contributed by atoms with Crippen LogP contribution in [0.4, 0.5) is 0 Å². The highest BCUT2D eigenvalue weighted by Gasteiger charge is 2.19. The topological polar surface area (TPSA) is 76.5 Å². The van der Waals surface area contributed by atoms with E-state index < -0.39 is 0 Å². The van der Waals surface area contributed by atoms with Crippen LogP contribution >= 0.6 is 11.3 Å². The van der Waals surface area contributed by atoms with Crippen LogP contribution in [0, 0.1) is 12.3 Å². The number of nitrogens with two attached hydrogens (primary N) is 1. The first-order chi connectivity index (χ1) is 9.30. The van der Waals surface area contributed by atoms with Gasteiger partial charge in [-0.15, -0.1) is 0 Å². The van der Waals surface area contributed by atoms with Crippen molar-refractivity contribution in [3.63, 3.8) is 0 Å². The van der Waals surface area contributed by atoms with E-state index in [0.29, 0.717) is 18.1 Å². The van der Waals surface area contributed by atoms with Crippen molar-refractivity contribution in [2.24, 2.45) is 11.1 Å². The summed E-state index contributed by atoms with van der Waals surface area (Å²) in [6.45, 7) is 8.29. The minimum atomic E-state index is -0.125. The second-order valence-corrected chi connectivity index (χ2v) is 7.01. The fourth-order valence-electron chi connectivity index (χ4n) is 2.11. The van der Waals surface area contributed by atoms with Crippen molar-refractivity contribution in [1.82, 2.24) is 19.5 Å². The lowest BCUT2D eigenvalue weighted by Gasteiger charge is -2.28. The number of aromatic nitrogens is 3. The van der Waals surface area contributed by atoms with Gasteiger partial charge in [0.25, 0.3) is 5.56 Å². The van der Waals surface area contributed by atoms with Crippen molar-refractivity contribution in [3.05, 3.63) is 27.1 Å². The molecule has 0 aliphatic heterocycles. The maximum absolute atomic E-state index is 11.8.